The Hall–Kier alpha value is -2.70. The Morgan fingerprint density at radius 1 is 1.16 bits per heavy atom. The second-order valence-electron chi connectivity index (χ2n) is 5.95. The molecule has 1 heterocycles. The molecule has 1 aliphatic rings. The van der Waals surface area contributed by atoms with Gasteiger partial charge in [-0.25, -0.2) is 18.0 Å². The van der Waals surface area contributed by atoms with Crippen LogP contribution in [0, 0.1) is 17.5 Å². The number of amides is 2. The Morgan fingerprint density at radius 2 is 1.88 bits per heavy atom. The maximum atomic E-state index is 13.4. The summed E-state index contributed by atoms with van der Waals surface area (Å²) in [4.78, 5) is 13.6. The zero-order valence-corrected chi connectivity index (χ0v) is 13.7. The van der Waals surface area contributed by atoms with Gasteiger partial charge in [-0.05, 0) is 49.2 Å². The molecule has 1 fully saturated rings. The van der Waals surface area contributed by atoms with Crippen LogP contribution in [0.3, 0.4) is 0 Å². The maximum absolute atomic E-state index is 13.4. The van der Waals surface area contributed by atoms with Crippen molar-refractivity contribution in [1.82, 2.24) is 5.32 Å². The molecule has 0 spiro atoms. The van der Waals surface area contributed by atoms with Crippen LogP contribution in [0.1, 0.15) is 24.9 Å². The number of rotatable bonds is 4. The molecule has 2 amide bonds. The van der Waals surface area contributed by atoms with Crippen LogP contribution in [0.25, 0.3) is 0 Å². The van der Waals surface area contributed by atoms with Crippen molar-refractivity contribution in [3.05, 3.63) is 59.4 Å². The molecule has 0 saturated carbocycles. The average molecular weight is 349 g/mol. The Morgan fingerprint density at radius 3 is 2.56 bits per heavy atom. The number of nitrogens with zero attached hydrogens (tertiary/aromatic N) is 1. The van der Waals surface area contributed by atoms with E-state index >= 15 is 0 Å². The summed E-state index contributed by atoms with van der Waals surface area (Å²) in [7, 11) is 0. The summed E-state index contributed by atoms with van der Waals surface area (Å²) >= 11 is 0. The standard InChI is InChI=1S/C18H18F3N3O/c1-11(12-8-15(19)17(21)16(20)9-12)23-13-4-2-5-14(10-13)24-7-3-6-22-18(24)25/h2,4-5,8-11,23H,3,6-7H2,1H3,(H,22,25). The van der Waals surface area contributed by atoms with Crippen LogP contribution >= 0.6 is 0 Å². The number of urea groups is 1. The van der Waals surface area contributed by atoms with E-state index in [4.69, 9.17) is 0 Å². The third-order valence-corrected chi connectivity index (χ3v) is 4.13. The number of carbonyl (C=O) groups excluding carboxylic acids is 1. The lowest BCUT2D eigenvalue weighted by Crippen LogP contribution is -2.46. The normalized spacial score (nSPS) is 15.7. The largest absolute Gasteiger partial charge is 0.378 e. The minimum atomic E-state index is -1.48. The van der Waals surface area contributed by atoms with Crippen LogP contribution in [0.2, 0.25) is 0 Å². The van der Waals surface area contributed by atoms with Gasteiger partial charge < -0.3 is 10.6 Å². The Balaban J connectivity index is 1.79. The van der Waals surface area contributed by atoms with Crippen LogP contribution in [0.4, 0.5) is 29.3 Å². The molecule has 1 aliphatic heterocycles. The molecular weight excluding hydrogens is 331 g/mol. The highest BCUT2D eigenvalue weighted by Gasteiger charge is 2.20. The molecule has 132 valence electrons. The lowest BCUT2D eigenvalue weighted by molar-refractivity contribution is 0.243. The van der Waals surface area contributed by atoms with Gasteiger partial charge in [0, 0.05) is 30.5 Å². The number of carbonyl (C=O) groups is 1. The summed E-state index contributed by atoms with van der Waals surface area (Å²) in [5.41, 5.74) is 1.71. The van der Waals surface area contributed by atoms with E-state index in [0.29, 0.717) is 18.8 Å². The molecule has 3 rings (SSSR count). The number of hydrogen-bond donors (Lipinski definition) is 2. The number of benzene rings is 2. The Kier molecular flexibility index (Phi) is 4.83. The highest BCUT2D eigenvalue weighted by molar-refractivity contribution is 5.93. The van der Waals surface area contributed by atoms with Crippen LogP contribution in [-0.4, -0.2) is 19.1 Å². The molecule has 0 aliphatic carbocycles. The second kappa shape index (κ2) is 7.04. The van der Waals surface area contributed by atoms with Gasteiger partial charge in [-0.1, -0.05) is 6.07 Å². The lowest BCUT2D eigenvalue weighted by Gasteiger charge is -2.28. The van der Waals surface area contributed by atoms with Gasteiger partial charge in [-0.3, -0.25) is 4.90 Å². The summed E-state index contributed by atoms with van der Waals surface area (Å²) in [6, 6.07) is 8.52. The highest BCUT2D eigenvalue weighted by Crippen LogP contribution is 2.26. The lowest BCUT2D eigenvalue weighted by atomic mass is 10.1. The summed E-state index contributed by atoms with van der Waals surface area (Å²) in [6.45, 7) is 3.00. The zero-order valence-electron chi connectivity index (χ0n) is 13.7. The van der Waals surface area contributed by atoms with Crippen molar-refractivity contribution in [2.24, 2.45) is 0 Å². The van der Waals surface area contributed by atoms with E-state index in [-0.39, 0.29) is 11.6 Å². The smallest absolute Gasteiger partial charge is 0.321 e. The van der Waals surface area contributed by atoms with Crippen molar-refractivity contribution in [3.8, 4) is 0 Å². The minimum absolute atomic E-state index is 0.154. The molecule has 7 heteroatoms. The third-order valence-electron chi connectivity index (χ3n) is 4.13. The predicted molar refractivity (Wildman–Crippen MR) is 90.2 cm³/mol. The van der Waals surface area contributed by atoms with Crippen LogP contribution in [0.5, 0.6) is 0 Å². The number of anilines is 2. The van der Waals surface area contributed by atoms with Crippen molar-refractivity contribution >= 4 is 17.4 Å². The van der Waals surface area contributed by atoms with Gasteiger partial charge in [-0.2, -0.15) is 0 Å². The van der Waals surface area contributed by atoms with Crippen LogP contribution in [0.15, 0.2) is 36.4 Å². The molecule has 2 aromatic rings. The maximum Gasteiger partial charge on any atom is 0.321 e. The van der Waals surface area contributed by atoms with E-state index in [9.17, 15) is 18.0 Å². The number of nitrogens with one attached hydrogen (secondary N) is 2. The quantitative estimate of drug-likeness (QED) is 0.813. The van der Waals surface area contributed by atoms with E-state index in [1.165, 1.54) is 0 Å². The highest BCUT2D eigenvalue weighted by atomic mass is 19.2. The molecule has 0 radical (unpaired) electrons. The van der Waals surface area contributed by atoms with E-state index < -0.39 is 23.5 Å². The molecule has 0 bridgehead atoms. The predicted octanol–water partition coefficient (Wildman–Crippen LogP) is 4.20. The number of halogens is 3. The first kappa shape index (κ1) is 17.1. The molecule has 2 aromatic carbocycles. The van der Waals surface area contributed by atoms with Crippen molar-refractivity contribution in [2.45, 2.75) is 19.4 Å². The molecule has 4 nitrogen and oxygen atoms in total. The third kappa shape index (κ3) is 3.70. The van der Waals surface area contributed by atoms with Crippen molar-refractivity contribution in [1.29, 1.82) is 0 Å². The summed E-state index contributed by atoms with van der Waals surface area (Å²) < 4.78 is 39.9. The number of hydrogen-bond acceptors (Lipinski definition) is 2. The Labute approximate surface area is 143 Å². The monoisotopic (exact) mass is 349 g/mol. The van der Waals surface area contributed by atoms with E-state index in [1.54, 1.807) is 30.0 Å². The fraction of sp³-hybridized carbons (Fsp3) is 0.278. The SMILES string of the molecule is CC(Nc1cccc(N2CCCNC2=O)c1)c1cc(F)c(F)c(F)c1. The fourth-order valence-corrected chi connectivity index (χ4v) is 2.80. The molecule has 1 atom stereocenters. The first-order valence-electron chi connectivity index (χ1n) is 8.02. The fourth-order valence-electron chi connectivity index (χ4n) is 2.80. The molecule has 0 aromatic heterocycles. The molecule has 2 N–H and O–H groups in total. The van der Waals surface area contributed by atoms with Gasteiger partial charge in [0.1, 0.15) is 0 Å². The van der Waals surface area contributed by atoms with Gasteiger partial charge in [0.25, 0.3) is 0 Å². The van der Waals surface area contributed by atoms with Crippen molar-refractivity contribution < 1.29 is 18.0 Å². The Bertz CT molecular complexity index is 774. The second-order valence-corrected chi connectivity index (χ2v) is 5.95. The van der Waals surface area contributed by atoms with Crippen LogP contribution in [-0.2, 0) is 0 Å². The van der Waals surface area contributed by atoms with Crippen molar-refractivity contribution in [3.63, 3.8) is 0 Å². The minimum Gasteiger partial charge on any atom is -0.378 e. The average Bonchev–Trinajstić information content (AvgIpc) is 2.60. The molecule has 1 unspecified atom stereocenters. The van der Waals surface area contributed by atoms with Gasteiger partial charge in [0.15, 0.2) is 17.5 Å². The topological polar surface area (TPSA) is 44.4 Å². The zero-order chi connectivity index (χ0) is 18.0. The van der Waals surface area contributed by atoms with Crippen molar-refractivity contribution in [2.75, 3.05) is 23.3 Å². The van der Waals surface area contributed by atoms with Gasteiger partial charge in [0.05, 0.1) is 0 Å². The summed E-state index contributed by atoms with van der Waals surface area (Å²) in [5.74, 6) is -3.92. The van der Waals surface area contributed by atoms with Crippen LogP contribution < -0.4 is 15.5 Å². The summed E-state index contributed by atoms with van der Waals surface area (Å²) in [6.07, 6.45) is 0.855. The van der Waals surface area contributed by atoms with E-state index in [0.717, 1.165) is 24.2 Å². The van der Waals surface area contributed by atoms with E-state index in [1.807, 2.05) is 6.07 Å². The van der Waals surface area contributed by atoms with Gasteiger partial charge in [0.2, 0.25) is 0 Å². The molecular formula is C18H18F3N3O. The summed E-state index contributed by atoms with van der Waals surface area (Å²) in [5, 5.41) is 5.89. The first-order valence-corrected chi connectivity index (χ1v) is 8.02. The van der Waals surface area contributed by atoms with Gasteiger partial charge >= 0.3 is 6.03 Å². The molecule has 1 saturated heterocycles. The molecule has 25 heavy (non-hydrogen) atoms. The van der Waals surface area contributed by atoms with Gasteiger partial charge in [-0.15, -0.1) is 0 Å². The first-order chi connectivity index (χ1) is 12.0. The van der Waals surface area contributed by atoms with E-state index in [2.05, 4.69) is 10.6 Å².